The number of carbonyl (C=O) groups excluding carboxylic acids is 1. The Kier molecular flexibility index (Phi) is 4.89. The molecule has 3 rings (SSSR count). The minimum Gasteiger partial charge on any atom is -0.370 e. The molecule has 2 aliphatic rings. The molecule has 1 aromatic rings. The first-order chi connectivity index (χ1) is 11.5. The summed E-state index contributed by atoms with van der Waals surface area (Å²) in [5, 5.41) is 10.5. The van der Waals surface area contributed by atoms with Crippen LogP contribution in [0, 0.1) is 11.3 Å². The van der Waals surface area contributed by atoms with Gasteiger partial charge in [-0.1, -0.05) is 6.92 Å². The Morgan fingerprint density at radius 2 is 2.21 bits per heavy atom. The molecule has 1 amide bonds. The fourth-order valence-corrected chi connectivity index (χ4v) is 3.52. The summed E-state index contributed by atoms with van der Waals surface area (Å²) < 4.78 is 1.33. The predicted molar refractivity (Wildman–Crippen MR) is 93.0 cm³/mol. The molecule has 0 spiro atoms. The molecule has 0 unspecified atom stereocenters. The van der Waals surface area contributed by atoms with Crippen LogP contribution in [-0.2, 0) is 11.8 Å². The molecule has 24 heavy (non-hydrogen) atoms. The van der Waals surface area contributed by atoms with E-state index < -0.39 is 0 Å². The second kappa shape index (κ2) is 6.93. The van der Waals surface area contributed by atoms with Crippen LogP contribution in [0.1, 0.15) is 26.2 Å². The molecule has 2 saturated heterocycles. The molecule has 0 aliphatic carbocycles. The van der Waals surface area contributed by atoms with E-state index in [9.17, 15) is 9.59 Å². The molecule has 2 aliphatic heterocycles. The van der Waals surface area contributed by atoms with Gasteiger partial charge in [0.05, 0.1) is 11.9 Å². The van der Waals surface area contributed by atoms with Crippen LogP contribution in [0.3, 0.4) is 0 Å². The Morgan fingerprint density at radius 3 is 2.92 bits per heavy atom. The van der Waals surface area contributed by atoms with E-state index in [-0.39, 0.29) is 16.9 Å². The normalized spacial score (nSPS) is 23.2. The number of carbonyl (C=O) groups is 1. The maximum absolute atomic E-state index is 12.5. The van der Waals surface area contributed by atoms with Crippen LogP contribution in [-0.4, -0.2) is 48.4 Å². The molecule has 7 nitrogen and oxygen atoms in total. The van der Waals surface area contributed by atoms with Crippen LogP contribution >= 0.6 is 0 Å². The summed E-state index contributed by atoms with van der Waals surface area (Å²) in [5.41, 5.74) is 0.541. The Balaban J connectivity index is 1.52. The van der Waals surface area contributed by atoms with Crippen molar-refractivity contribution in [2.75, 3.05) is 37.6 Å². The highest BCUT2D eigenvalue weighted by Gasteiger charge is 2.35. The zero-order valence-electron chi connectivity index (χ0n) is 14.5. The van der Waals surface area contributed by atoms with E-state index in [1.54, 1.807) is 19.3 Å². The number of anilines is 1. The summed E-state index contributed by atoms with van der Waals surface area (Å²) in [6.45, 7) is 6.35. The van der Waals surface area contributed by atoms with Crippen molar-refractivity contribution in [2.24, 2.45) is 18.4 Å². The molecule has 0 saturated carbocycles. The lowest BCUT2D eigenvalue weighted by atomic mass is 9.80. The van der Waals surface area contributed by atoms with E-state index in [1.807, 2.05) is 0 Å². The highest BCUT2D eigenvalue weighted by atomic mass is 16.2. The number of aromatic nitrogens is 2. The summed E-state index contributed by atoms with van der Waals surface area (Å²) in [4.78, 5) is 26.4. The lowest BCUT2D eigenvalue weighted by molar-refractivity contribution is -0.131. The van der Waals surface area contributed by atoms with Crippen molar-refractivity contribution in [1.82, 2.24) is 20.4 Å². The van der Waals surface area contributed by atoms with Gasteiger partial charge in [-0.15, -0.1) is 0 Å². The van der Waals surface area contributed by atoms with Crippen LogP contribution in [0.15, 0.2) is 17.1 Å². The highest BCUT2D eigenvalue weighted by molar-refractivity contribution is 5.82. The van der Waals surface area contributed by atoms with Gasteiger partial charge in [0.15, 0.2) is 0 Å². The summed E-state index contributed by atoms with van der Waals surface area (Å²) in [7, 11) is 1.65. The van der Waals surface area contributed by atoms with Gasteiger partial charge in [0.2, 0.25) is 5.91 Å². The predicted octanol–water partition coefficient (Wildman–Crippen LogP) is 0.113. The monoisotopic (exact) mass is 333 g/mol. The zero-order chi connectivity index (χ0) is 17.2. The van der Waals surface area contributed by atoms with Crippen molar-refractivity contribution < 1.29 is 4.79 Å². The van der Waals surface area contributed by atoms with Crippen LogP contribution in [0.25, 0.3) is 0 Å². The first-order valence-electron chi connectivity index (χ1n) is 8.75. The third-order valence-electron chi connectivity index (χ3n) is 5.41. The molecule has 1 aromatic heterocycles. The Labute approximate surface area is 142 Å². The average molecular weight is 333 g/mol. The maximum atomic E-state index is 12.5. The van der Waals surface area contributed by atoms with E-state index in [2.05, 4.69) is 27.6 Å². The molecule has 3 heterocycles. The second-order valence-corrected chi connectivity index (χ2v) is 7.30. The van der Waals surface area contributed by atoms with Crippen molar-refractivity contribution in [1.29, 1.82) is 0 Å². The molecule has 1 atom stereocenters. The molecular weight excluding hydrogens is 306 g/mol. The first-order valence-corrected chi connectivity index (χ1v) is 8.75. The number of nitrogens with one attached hydrogen (secondary N) is 2. The maximum Gasteiger partial charge on any atom is 0.268 e. The molecular formula is C17H27N5O2. The number of nitrogens with zero attached hydrogens (tertiary/aromatic N) is 3. The van der Waals surface area contributed by atoms with Gasteiger partial charge in [-0.3, -0.25) is 9.59 Å². The zero-order valence-corrected chi connectivity index (χ0v) is 14.5. The Bertz CT molecular complexity index is 651. The molecule has 2 N–H and O–H groups in total. The van der Waals surface area contributed by atoms with Crippen molar-refractivity contribution in [2.45, 2.75) is 26.2 Å². The van der Waals surface area contributed by atoms with Crippen LogP contribution < -0.4 is 21.1 Å². The average Bonchev–Trinajstić information content (AvgIpc) is 3.05. The minimum atomic E-state index is -0.237. The van der Waals surface area contributed by atoms with E-state index in [1.165, 1.54) is 4.68 Å². The number of piperidine rings is 1. The van der Waals surface area contributed by atoms with Crippen molar-refractivity contribution in [3.63, 3.8) is 0 Å². The van der Waals surface area contributed by atoms with E-state index in [0.29, 0.717) is 12.5 Å². The minimum absolute atomic E-state index is 0.0944. The quantitative estimate of drug-likeness (QED) is 0.818. The molecule has 0 bridgehead atoms. The smallest absolute Gasteiger partial charge is 0.268 e. The molecule has 7 heteroatoms. The lowest BCUT2D eigenvalue weighted by Crippen LogP contribution is -2.47. The number of amides is 1. The lowest BCUT2D eigenvalue weighted by Gasteiger charge is -2.32. The summed E-state index contributed by atoms with van der Waals surface area (Å²) in [6.07, 6.45) is 4.55. The molecule has 2 fully saturated rings. The van der Waals surface area contributed by atoms with E-state index >= 15 is 0 Å². The van der Waals surface area contributed by atoms with Gasteiger partial charge in [0.1, 0.15) is 0 Å². The van der Waals surface area contributed by atoms with E-state index in [0.717, 1.165) is 51.1 Å². The van der Waals surface area contributed by atoms with Gasteiger partial charge >= 0.3 is 0 Å². The van der Waals surface area contributed by atoms with Crippen LogP contribution in [0.2, 0.25) is 0 Å². The second-order valence-electron chi connectivity index (χ2n) is 7.30. The van der Waals surface area contributed by atoms with Crippen molar-refractivity contribution >= 4 is 11.6 Å². The Hall–Kier alpha value is -1.89. The number of hydrogen-bond donors (Lipinski definition) is 2. The third kappa shape index (κ3) is 3.61. The van der Waals surface area contributed by atoms with Crippen LogP contribution in [0.5, 0.6) is 0 Å². The fourth-order valence-electron chi connectivity index (χ4n) is 3.52. The van der Waals surface area contributed by atoms with Gasteiger partial charge in [0.25, 0.3) is 5.56 Å². The molecule has 132 valence electrons. The highest BCUT2D eigenvalue weighted by Crippen LogP contribution is 2.28. The summed E-state index contributed by atoms with van der Waals surface area (Å²) >= 11 is 0. The van der Waals surface area contributed by atoms with Crippen molar-refractivity contribution in [3.05, 3.63) is 22.6 Å². The van der Waals surface area contributed by atoms with Gasteiger partial charge in [-0.2, -0.15) is 5.10 Å². The van der Waals surface area contributed by atoms with Gasteiger partial charge < -0.3 is 15.5 Å². The fraction of sp³-hybridized carbons (Fsp3) is 0.706. The van der Waals surface area contributed by atoms with Gasteiger partial charge in [0, 0.05) is 38.2 Å². The standard InChI is InChI=1S/C17H27N5O2/c1-17(4-6-18-7-5-17)16(24)19-10-13-3-8-22(12-13)14-9-15(23)21(2)20-11-14/h9,11,13,18H,3-8,10,12H2,1-2H3,(H,19,24)/t13-/m0/s1. The Morgan fingerprint density at radius 1 is 1.46 bits per heavy atom. The summed E-state index contributed by atoms with van der Waals surface area (Å²) in [5.74, 6) is 0.598. The van der Waals surface area contributed by atoms with Crippen molar-refractivity contribution in [3.8, 4) is 0 Å². The topological polar surface area (TPSA) is 79.3 Å². The van der Waals surface area contributed by atoms with E-state index in [4.69, 9.17) is 0 Å². The first kappa shape index (κ1) is 17.0. The SMILES string of the molecule is Cn1ncc(N2CC[C@@H](CNC(=O)C3(C)CCNCC3)C2)cc1=O. The van der Waals surface area contributed by atoms with Gasteiger partial charge in [-0.05, 0) is 38.3 Å². The van der Waals surface area contributed by atoms with Crippen LogP contribution in [0.4, 0.5) is 5.69 Å². The largest absolute Gasteiger partial charge is 0.370 e. The third-order valence-corrected chi connectivity index (χ3v) is 5.41. The summed E-state index contributed by atoms with van der Waals surface area (Å²) in [6, 6.07) is 1.63. The molecule has 0 radical (unpaired) electrons. The number of hydrogen-bond acceptors (Lipinski definition) is 5. The van der Waals surface area contributed by atoms with Gasteiger partial charge in [-0.25, -0.2) is 4.68 Å². The number of rotatable bonds is 4. The number of aryl methyl sites for hydroxylation is 1. The molecule has 0 aromatic carbocycles.